The van der Waals surface area contributed by atoms with E-state index in [4.69, 9.17) is 14.3 Å². The molecule has 4 heteroatoms. The Balaban J connectivity index is 1.83. The highest BCUT2D eigenvalue weighted by Crippen LogP contribution is 2.25. The van der Waals surface area contributed by atoms with Crippen LogP contribution < -0.4 is 0 Å². The lowest BCUT2D eigenvalue weighted by atomic mass is 9.85. The zero-order chi connectivity index (χ0) is 13.0. The summed E-state index contributed by atoms with van der Waals surface area (Å²) in [5.74, 6) is 0.543. The molecule has 0 aliphatic heterocycles. The van der Waals surface area contributed by atoms with Crippen LogP contribution in [0.25, 0.3) is 0 Å². The number of hydrogen-bond acceptors (Lipinski definition) is 3. The van der Waals surface area contributed by atoms with E-state index in [2.05, 4.69) is 19.1 Å². The van der Waals surface area contributed by atoms with Crippen molar-refractivity contribution in [1.29, 1.82) is 0 Å². The predicted molar refractivity (Wildman–Crippen MR) is 66.4 cm³/mol. The second-order valence-electron chi connectivity index (χ2n) is 4.76. The maximum atomic E-state index is 10.9. The molecule has 18 heavy (non-hydrogen) atoms. The standard InChI is InChI=1S/C14H18O4/c1-10-4-2-3-5-11(10)8-17-9-13-12(14(15)16)6-7-18-13/h2-3,6-7,10-11H,4-5,8-9H2,1H3,(H,15,16). The van der Waals surface area contributed by atoms with Crippen molar-refractivity contribution >= 4 is 5.97 Å². The SMILES string of the molecule is CC1CC=CCC1COCc1occc1C(=O)O. The van der Waals surface area contributed by atoms with E-state index in [1.165, 1.54) is 12.3 Å². The molecule has 0 amide bonds. The molecular weight excluding hydrogens is 232 g/mol. The minimum Gasteiger partial charge on any atom is -0.478 e. The first-order chi connectivity index (χ1) is 8.68. The quantitative estimate of drug-likeness (QED) is 0.816. The number of allylic oxidation sites excluding steroid dienone is 2. The summed E-state index contributed by atoms with van der Waals surface area (Å²) in [7, 11) is 0. The Labute approximate surface area is 106 Å². The molecule has 0 bridgehead atoms. The maximum Gasteiger partial charge on any atom is 0.339 e. The summed E-state index contributed by atoms with van der Waals surface area (Å²) in [6.45, 7) is 3.08. The lowest BCUT2D eigenvalue weighted by Gasteiger charge is -2.24. The van der Waals surface area contributed by atoms with Gasteiger partial charge in [-0.1, -0.05) is 19.1 Å². The van der Waals surface area contributed by atoms with E-state index in [9.17, 15) is 4.79 Å². The summed E-state index contributed by atoms with van der Waals surface area (Å²) in [5.41, 5.74) is 0.187. The summed E-state index contributed by atoms with van der Waals surface area (Å²) in [4.78, 5) is 10.9. The van der Waals surface area contributed by atoms with Gasteiger partial charge in [-0.25, -0.2) is 4.79 Å². The molecule has 1 aromatic heterocycles. The highest BCUT2D eigenvalue weighted by atomic mass is 16.5. The summed E-state index contributed by atoms with van der Waals surface area (Å²) in [6, 6.07) is 1.45. The Kier molecular flexibility index (Phi) is 4.20. The molecule has 2 atom stereocenters. The van der Waals surface area contributed by atoms with Crippen molar-refractivity contribution in [2.75, 3.05) is 6.61 Å². The molecule has 98 valence electrons. The summed E-state index contributed by atoms with van der Waals surface area (Å²) < 4.78 is 10.7. The minimum absolute atomic E-state index is 0.187. The Hall–Kier alpha value is -1.55. The zero-order valence-corrected chi connectivity index (χ0v) is 10.5. The van der Waals surface area contributed by atoms with Crippen LogP contribution in [0.2, 0.25) is 0 Å². The number of ether oxygens (including phenoxy) is 1. The Morgan fingerprint density at radius 1 is 1.50 bits per heavy atom. The lowest BCUT2D eigenvalue weighted by molar-refractivity contribution is 0.0549. The maximum absolute atomic E-state index is 10.9. The van der Waals surface area contributed by atoms with Gasteiger partial charge in [0.2, 0.25) is 0 Å². The molecule has 1 aromatic rings. The Bertz CT molecular complexity index is 433. The zero-order valence-electron chi connectivity index (χ0n) is 10.5. The molecule has 0 saturated carbocycles. The molecule has 2 rings (SSSR count). The smallest absolute Gasteiger partial charge is 0.339 e. The van der Waals surface area contributed by atoms with Gasteiger partial charge in [0, 0.05) is 0 Å². The van der Waals surface area contributed by atoms with Crippen molar-refractivity contribution in [3.05, 3.63) is 35.8 Å². The van der Waals surface area contributed by atoms with Crippen molar-refractivity contribution < 1.29 is 19.1 Å². The van der Waals surface area contributed by atoms with Gasteiger partial charge in [0.15, 0.2) is 0 Å². The van der Waals surface area contributed by atoms with Gasteiger partial charge in [0.1, 0.15) is 17.9 Å². The van der Waals surface area contributed by atoms with Crippen molar-refractivity contribution in [2.24, 2.45) is 11.8 Å². The van der Waals surface area contributed by atoms with E-state index in [0.29, 0.717) is 24.2 Å². The number of carboxylic acid groups (broad SMARTS) is 1. The van der Waals surface area contributed by atoms with Crippen molar-refractivity contribution in [3.63, 3.8) is 0 Å². The summed E-state index contributed by atoms with van der Waals surface area (Å²) in [5, 5.41) is 8.92. The largest absolute Gasteiger partial charge is 0.478 e. The monoisotopic (exact) mass is 250 g/mol. The Morgan fingerprint density at radius 3 is 3.00 bits per heavy atom. The molecule has 1 aliphatic rings. The van der Waals surface area contributed by atoms with Crippen LogP contribution in [-0.4, -0.2) is 17.7 Å². The van der Waals surface area contributed by atoms with Gasteiger partial charge in [-0.2, -0.15) is 0 Å². The Morgan fingerprint density at radius 2 is 2.28 bits per heavy atom. The van der Waals surface area contributed by atoms with Crippen molar-refractivity contribution in [3.8, 4) is 0 Å². The lowest BCUT2D eigenvalue weighted by Crippen LogP contribution is -2.19. The molecule has 0 spiro atoms. The molecular formula is C14H18O4. The van der Waals surface area contributed by atoms with Gasteiger partial charge in [-0.15, -0.1) is 0 Å². The van der Waals surface area contributed by atoms with E-state index in [1.54, 1.807) is 0 Å². The third-order valence-electron chi connectivity index (χ3n) is 3.46. The molecule has 1 aliphatic carbocycles. The average molecular weight is 250 g/mol. The minimum atomic E-state index is -0.976. The molecule has 4 nitrogen and oxygen atoms in total. The third kappa shape index (κ3) is 3.01. The van der Waals surface area contributed by atoms with E-state index < -0.39 is 5.97 Å². The van der Waals surface area contributed by atoms with Crippen LogP contribution in [0.1, 0.15) is 35.9 Å². The normalized spacial score (nSPS) is 23.2. The van der Waals surface area contributed by atoms with Gasteiger partial charge in [0.05, 0.1) is 12.9 Å². The number of rotatable bonds is 5. The van der Waals surface area contributed by atoms with Gasteiger partial charge >= 0.3 is 5.97 Å². The molecule has 2 unspecified atom stereocenters. The van der Waals surface area contributed by atoms with Gasteiger partial charge in [-0.05, 0) is 30.7 Å². The van der Waals surface area contributed by atoms with Crippen LogP contribution in [0, 0.1) is 11.8 Å². The molecule has 1 N–H and O–H groups in total. The van der Waals surface area contributed by atoms with E-state index >= 15 is 0 Å². The highest BCUT2D eigenvalue weighted by Gasteiger charge is 2.19. The van der Waals surface area contributed by atoms with Gasteiger partial charge in [0.25, 0.3) is 0 Å². The van der Waals surface area contributed by atoms with Gasteiger partial charge in [-0.3, -0.25) is 0 Å². The predicted octanol–water partition coefficient (Wildman–Crippen LogP) is 3.10. The van der Waals surface area contributed by atoms with E-state index in [0.717, 1.165) is 12.8 Å². The first kappa shape index (κ1) is 12.9. The number of aromatic carboxylic acids is 1. The van der Waals surface area contributed by atoms with Crippen molar-refractivity contribution in [2.45, 2.75) is 26.4 Å². The van der Waals surface area contributed by atoms with Gasteiger partial charge < -0.3 is 14.3 Å². The first-order valence-corrected chi connectivity index (χ1v) is 6.21. The number of furan rings is 1. The van der Waals surface area contributed by atoms with E-state index in [1.807, 2.05) is 0 Å². The fraction of sp³-hybridized carbons (Fsp3) is 0.500. The summed E-state index contributed by atoms with van der Waals surface area (Å²) >= 11 is 0. The highest BCUT2D eigenvalue weighted by molar-refractivity contribution is 5.88. The second kappa shape index (κ2) is 5.87. The number of carboxylic acids is 1. The van der Waals surface area contributed by atoms with Crippen LogP contribution in [0.4, 0.5) is 0 Å². The first-order valence-electron chi connectivity index (χ1n) is 6.21. The molecule has 1 heterocycles. The fourth-order valence-electron chi connectivity index (χ4n) is 2.18. The van der Waals surface area contributed by atoms with Crippen molar-refractivity contribution in [1.82, 2.24) is 0 Å². The second-order valence-corrected chi connectivity index (χ2v) is 4.76. The van der Waals surface area contributed by atoms with Crippen LogP contribution >= 0.6 is 0 Å². The molecule has 0 aromatic carbocycles. The third-order valence-corrected chi connectivity index (χ3v) is 3.46. The topological polar surface area (TPSA) is 59.7 Å². The van der Waals surface area contributed by atoms with E-state index in [-0.39, 0.29) is 12.2 Å². The van der Waals surface area contributed by atoms with Crippen LogP contribution in [0.15, 0.2) is 28.9 Å². The summed E-state index contributed by atoms with van der Waals surface area (Å²) in [6.07, 6.45) is 7.90. The molecule has 0 fully saturated rings. The van der Waals surface area contributed by atoms with Crippen LogP contribution in [0.5, 0.6) is 0 Å². The average Bonchev–Trinajstić information content (AvgIpc) is 2.80. The van der Waals surface area contributed by atoms with Crippen LogP contribution in [-0.2, 0) is 11.3 Å². The molecule has 0 saturated heterocycles. The molecule has 0 radical (unpaired) electrons. The fourth-order valence-corrected chi connectivity index (χ4v) is 2.18. The van der Waals surface area contributed by atoms with Crippen LogP contribution in [0.3, 0.4) is 0 Å². The number of carbonyl (C=O) groups is 1. The number of hydrogen-bond donors (Lipinski definition) is 1.